The molecule has 2 rings (SSSR count). The van der Waals surface area contributed by atoms with Crippen LogP contribution in [0.2, 0.25) is 0 Å². The lowest BCUT2D eigenvalue weighted by molar-refractivity contribution is 0.134. The first kappa shape index (κ1) is 13.5. The van der Waals surface area contributed by atoms with Gasteiger partial charge in [0.05, 0.1) is 11.6 Å². The summed E-state index contributed by atoms with van der Waals surface area (Å²) in [5.74, 6) is 0. The molecule has 4 heteroatoms. The summed E-state index contributed by atoms with van der Waals surface area (Å²) in [4.78, 5) is 2.91. The first-order chi connectivity index (χ1) is 8.68. The van der Waals surface area contributed by atoms with E-state index in [1.165, 1.54) is 5.56 Å². The van der Waals surface area contributed by atoms with E-state index in [-0.39, 0.29) is 6.04 Å². The molecule has 0 aliphatic carbocycles. The number of ether oxygens (including phenoxy) is 1. The van der Waals surface area contributed by atoms with E-state index in [0.29, 0.717) is 17.5 Å². The van der Waals surface area contributed by atoms with Crippen LogP contribution in [0.25, 0.3) is 0 Å². The van der Waals surface area contributed by atoms with Crippen LogP contribution in [0.5, 0.6) is 0 Å². The molecule has 1 aliphatic rings. The fourth-order valence-corrected chi connectivity index (χ4v) is 2.62. The van der Waals surface area contributed by atoms with Crippen LogP contribution in [0.1, 0.15) is 24.4 Å². The minimum Gasteiger partial charge on any atom is -0.393 e. The molecule has 1 heterocycles. The number of nitrogens with zero attached hydrogens (tertiary/aromatic N) is 1. The third-order valence-corrected chi connectivity index (χ3v) is 3.72. The molecule has 18 heavy (non-hydrogen) atoms. The Hall–Kier alpha value is -0.970. The molecule has 0 saturated carbocycles. The largest absolute Gasteiger partial charge is 0.393 e. The van der Waals surface area contributed by atoms with E-state index < -0.39 is 0 Å². The molecular formula is C14H20N2OS. The van der Waals surface area contributed by atoms with E-state index in [9.17, 15) is 0 Å². The fraction of sp³-hybridized carbons (Fsp3) is 0.500. The van der Waals surface area contributed by atoms with E-state index in [4.69, 9.17) is 22.7 Å². The van der Waals surface area contributed by atoms with Gasteiger partial charge in [-0.2, -0.15) is 0 Å². The second kappa shape index (κ2) is 6.27. The van der Waals surface area contributed by atoms with E-state index in [1.54, 1.807) is 0 Å². The summed E-state index contributed by atoms with van der Waals surface area (Å²) in [6, 6.07) is 11.1. The predicted molar refractivity (Wildman–Crippen MR) is 77.6 cm³/mol. The van der Waals surface area contributed by atoms with Crippen molar-refractivity contribution in [1.82, 2.24) is 4.90 Å². The van der Waals surface area contributed by atoms with Crippen molar-refractivity contribution >= 4 is 17.2 Å². The highest BCUT2D eigenvalue weighted by atomic mass is 32.1. The van der Waals surface area contributed by atoms with Crippen LogP contribution in [0.4, 0.5) is 0 Å². The average molecular weight is 264 g/mol. The molecule has 1 aliphatic heterocycles. The Bertz CT molecular complexity index is 390. The predicted octanol–water partition coefficient (Wildman–Crippen LogP) is 2.12. The lowest BCUT2D eigenvalue weighted by atomic mass is 10.0. The topological polar surface area (TPSA) is 38.5 Å². The Morgan fingerprint density at radius 2 is 2.22 bits per heavy atom. The van der Waals surface area contributed by atoms with Crippen molar-refractivity contribution in [3.05, 3.63) is 35.9 Å². The molecule has 2 unspecified atom stereocenters. The Balaban J connectivity index is 2.16. The maximum Gasteiger partial charge on any atom is 0.0746 e. The van der Waals surface area contributed by atoms with Gasteiger partial charge in [0, 0.05) is 25.1 Å². The van der Waals surface area contributed by atoms with Crippen LogP contribution >= 0.6 is 12.2 Å². The lowest BCUT2D eigenvalue weighted by Crippen LogP contribution is -2.37. The SMILES string of the molecule is CN(C1CCOC1)C(CC(N)=S)c1ccccc1. The lowest BCUT2D eigenvalue weighted by Gasteiger charge is -2.32. The van der Waals surface area contributed by atoms with Crippen molar-refractivity contribution < 1.29 is 4.74 Å². The molecule has 2 atom stereocenters. The van der Waals surface area contributed by atoms with Crippen molar-refractivity contribution in [3.63, 3.8) is 0 Å². The second-order valence-corrected chi connectivity index (χ2v) is 5.30. The number of thiocarbonyl (C=S) groups is 1. The minimum absolute atomic E-state index is 0.246. The van der Waals surface area contributed by atoms with Gasteiger partial charge in [0.1, 0.15) is 0 Å². The minimum atomic E-state index is 0.246. The highest BCUT2D eigenvalue weighted by Crippen LogP contribution is 2.27. The zero-order valence-corrected chi connectivity index (χ0v) is 11.5. The van der Waals surface area contributed by atoms with Crippen LogP contribution in [0.15, 0.2) is 30.3 Å². The fourth-order valence-electron chi connectivity index (χ4n) is 2.46. The van der Waals surface area contributed by atoms with E-state index in [1.807, 2.05) is 6.07 Å². The van der Waals surface area contributed by atoms with E-state index in [0.717, 1.165) is 19.6 Å². The molecule has 98 valence electrons. The zero-order valence-electron chi connectivity index (χ0n) is 10.7. The summed E-state index contributed by atoms with van der Waals surface area (Å²) in [5.41, 5.74) is 7.00. The summed E-state index contributed by atoms with van der Waals surface area (Å²) < 4.78 is 5.46. The molecule has 1 saturated heterocycles. The van der Waals surface area contributed by atoms with Gasteiger partial charge in [0.15, 0.2) is 0 Å². The number of hydrogen-bond donors (Lipinski definition) is 1. The van der Waals surface area contributed by atoms with Gasteiger partial charge in [-0.15, -0.1) is 0 Å². The monoisotopic (exact) mass is 264 g/mol. The Morgan fingerprint density at radius 3 is 2.78 bits per heavy atom. The molecule has 0 amide bonds. The maximum atomic E-state index is 5.74. The van der Waals surface area contributed by atoms with Gasteiger partial charge in [-0.05, 0) is 19.0 Å². The molecule has 3 nitrogen and oxygen atoms in total. The van der Waals surface area contributed by atoms with Crippen molar-refractivity contribution in [1.29, 1.82) is 0 Å². The molecule has 0 radical (unpaired) electrons. The molecule has 2 N–H and O–H groups in total. The third kappa shape index (κ3) is 3.28. The molecule has 0 spiro atoms. The number of nitrogens with two attached hydrogens (primary N) is 1. The van der Waals surface area contributed by atoms with Crippen LogP contribution < -0.4 is 5.73 Å². The summed E-state index contributed by atoms with van der Waals surface area (Å²) in [5, 5.41) is 0. The quantitative estimate of drug-likeness (QED) is 0.827. The van der Waals surface area contributed by atoms with Crippen molar-refractivity contribution in [2.45, 2.75) is 24.9 Å². The van der Waals surface area contributed by atoms with Gasteiger partial charge in [0.25, 0.3) is 0 Å². The molecule has 1 aromatic rings. The Labute approximate surface area is 114 Å². The number of benzene rings is 1. The van der Waals surface area contributed by atoms with Gasteiger partial charge in [-0.1, -0.05) is 42.5 Å². The standard InChI is InChI=1S/C14H20N2OS/c1-16(12-7-8-17-10-12)13(9-14(15)18)11-5-3-2-4-6-11/h2-6,12-13H,7-10H2,1H3,(H2,15,18). The van der Waals surface area contributed by atoms with E-state index >= 15 is 0 Å². The smallest absolute Gasteiger partial charge is 0.0746 e. The molecule has 0 bridgehead atoms. The normalized spacial score (nSPS) is 21.1. The Morgan fingerprint density at radius 1 is 1.50 bits per heavy atom. The highest BCUT2D eigenvalue weighted by molar-refractivity contribution is 7.80. The molecular weight excluding hydrogens is 244 g/mol. The maximum absolute atomic E-state index is 5.74. The van der Waals surface area contributed by atoms with Crippen LogP contribution in [0, 0.1) is 0 Å². The van der Waals surface area contributed by atoms with Crippen molar-refractivity contribution in [2.75, 3.05) is 20.3 Å². The first-order valence-electron chi connectivity index (χ1n) is 6.31. The Kier molecular flexibility index (Phi) is 4.69. The van der Waals surface area contributed by atoms with E-state index in [2.05, 4.69) is 36.2 Å². The van der Waals surface area contributed by atoms with Gasteiger partial charge in [-0.3, -0.25) is 4.90 Å². The van der Waals surface area contributed by atoms with Crippen LogP contribution in [-0.4, -0.2) is 36.2 Å². The summed E-state index contributed by atoms with van der Waals surface area (Å²) >= 11 is 5.09. The second-order valence-electron chi connectivity index (χ2n) is 4.78. The van der Waals surface area contributed by atoms with Gasteiger partial charge in [0.2, 0.25) is 0 Å². The summed E-state index contributed by atoms with van der Waals surface area (Å²) in [7, 11) is 2.13. The molecule has 0 aromatic heterocycles. The first-order valence-corrected chi connectivity index (χ1v) is 6.72. The van der Waals surface area contributed by atoms with Crippen LogP contribution in [0.3, 0.4) is 0 Å². The van der Waals surface area contributed by atoms with Crippen molar-refractivity contribution in [2.24, 2.45) is 5.73 Å². The van der Waals surface area contributed by atoms with Crippen molar-refractivity contribution in [3.8, 4) is 0 Å². The number of hydrogen-bond acceptors (Lipinski definition) is 3. The molecule has 1 aromatic carbocycles. The third-order valence-electron chi connectivity index (χ3n) is 3.55. The van der Waals surface area contributed by atoms with Gasteiger partial charge in [-0.25, -0.2) is 0 Å². The summed E-state index contributed by atoms with van der Waals surface area (Å²) in [6.45, 7) is 1.65. The van der Waals surface area contributed by atoms with Gasteiger partial charge >= 0.3 is 0 Å². The number of likely N-dealkylation sites (N-methyl/N-ethyl adjacent to an activating group) is 1. The zero-order chi connectivity index (χ0) is 13.0. The highest BCUT2D eigenvalue weighted by Gasteiger charge is 2.27. The van der Waals surface area contributed by atoms with Gasteiger partial charge < -0.3 is 10.5 Å². The average Bonchev–Trinajstić information content (AvgIpc) is 2.90. The number of rotatable bonds is 5. The van der Waals surface area contributed by atoms with Crippen LogP contribution in [-0.2, 0) is 4.74 Å². The molecule has 1 fully saturated rings. The summed E-state index contributed by atoms with van der Waals surface area (Å²) in [6.07, 6.45) is 1.80.